The van der Waals surface area contributed by atoms with Crippen molar-refractivity contribution in [2.45, 2.75) is 19.9 Å². The van der Waals surface area contributed by atoms with E-state index in [0.29, 0.717) is 5.56 Å². The van der Waals surface area contributed by atoms with Crippen molar-refractivity contribution in [3.63, 3.8) is 0 Å². The second-order valence-electron chi connectivity index (χ2n) is 4.80. The number of nitrogens with one attached hydrogen (secondary N) is 1. The van der Waals surface area contributed by atoms with Crippen LogP contribution >= 0.6 is 0 Å². The van der Waals surface area contributed by atoms with Crippen molar-refractivity contribution in [2.24, 2.45) is 0 Å². The quantitative estimate of drug-likeness (QED) is 0.922. The zero-order valence-electron chi connectivity index (χ0n) is 12.0. The van der Waals surface area contributed by atoms with Crippen LogP contribution in [-0.4, -0.2) is 13.0 Å². The maximum absolute atomic E-state index is 12.2. The molecule has 0 aliphatic rings. The molecule has 0 saturated carbocycles. The first-order valence-electron chi connectivity index (χ1n) is 6.62. The van der Waals surface area contributed by atoms with Crippen LogP contribution in [0, 0.1) is 6.92 Å². The van der Waals surface area contributed by atoms with Crippen LogP contribution in [0.4, 0.5) is 0 Å². The monoisotopic (exact) mass is 269 g/mol. The van der Waals surface area contributed by atoms with Crippen LogP contribution < -0.4 is 10.1 Å². The van der Waals surface area contributed by atoms with Gasteiger partial charge in [-0.2, -0.15) is 0 Å². The lowest BCUT2D eigenvalue weighted by Gasteiger charge is -2.17. The topological polar surface area (TPSA) is 38.3 Å². The molecule has 1 amide bonds. The van der Waals surface area contributed by atoms with Gasteiger partial charge in [0.25, 0.3) is 5.91 Å². The zero-order chi connectivity index (χ0) is 14.5. The molecule has 2 aromatic carbocycles. The summed E-state index contributed by atoms with van der Waals surface area (Å²) in [7, 11) is 1.63. The van der Waals surface area contributed by atoms with Crippen LogP contribution in [0.5, 0.6) is 5.75 Å². The minimum atomic E-state index is -0.111. The SMILES string of the molecule is COc1ccccc1[C@H](C)NC(=O)c1ccc(C)cc1. The first-order valence-corrected chi connectivity index (χ1v) is 6.62. The molecule has 0 fully saturated rings. The van der Waals surface area contributed by atoms with E-state index < -0.39 is 0 Å². The number of rotatable bonds is 4. The lowest BCUT2D eigenvalue weighted by atomic mass is 10.1. The molecule has 0 aliphatic heterocycles. The zero-order valence-corrected chi connectivity index (χ0v) is 12.0. The smallest absolute Gasteiger partial charge is 0.251 e. The Morgan fingerprint density at radius 1 is 1.10 bits per heavy atom. The number of aryl methyl sites for hydroxylation is 1. The summed E-state index contributed by atoms with van der Waals surface area (Å²) in [6.45, 7) is 3.95. The van der Waals surface area contributed by atoms with Crippen molar-refractivity contribution in [1.29, 1.82) is 0 Å². The average molecular weight is 269 g/mol. The van der Waals surface area contributed by atoms with Gasteiger partial charge in [0, 0.05) is 11.1 Å². The van der Waals surface area contributed by atoms with Crippen LogP contribution in [-0.2, 0) is 0 Å². The second-order valence-corrected chi connectivity index (χ2v) is 4.80. The maximum atomic E-state index is 12.2. The molecule has 0 radical (unpaired) electrons. The van der Waals surface area contributed by atoms with Gasteiger partial charge >= 0.3 is 0 Å². The Bertz CT molecular complexity index is 590. The molecule has 0 heterocycles. The number of amides is 1. The van der Waals surface area contributed by atoms with Crippen molar-refractivity contribution in [1.82, 2.24) is 5.32 Å². The van der Waals surface area contributed by atoms with E-state index >= 15 is 0 Å². The van der Waals surface area contributed by atoms with E-state index in [4.69, 9.17) is 4.74 Å². The van der Waals surface area contributed by atoms with E-state index in [-0.39, 0.29) is 11.9 Å². The van der Waals surface area contributed by atoms with Crippen molar-refractivity contribution in [3.05, 3.63) is 65.2 Å². The first-order chi connectivity index (χ1) is 9.61. The predicted octanol–water partition coefficient (Wildman–Crippen LogP) is 3.49. The third kappa shape index (κ3) is 3.18. The number of carbonyl (C=O) groups is 1. The van der Waals surface area contributed by atoms with Crippen molar-refractivity contribution in [2.75, 3.05) is 7.11 Å². The van der Waals surface area contributed by atoms with E-state index in [1.165, 1.54) is 0 Å². The van der Waals surface area contributed by atoms with E-state index in [9.17, 15) is 4.79 Å². The predicted molar refractivity (Wildman–Crippen MR) is 80.1 cm³/mol. The summed E-state index contributed by atoms with van der Waals surface area (Å²) < 4.78 is 5.32. The standard InChI is InChI=1S/C17H19NO2/c1-12-8-10-14(11-9-12)17(19)18-13(2)15-6-4-5-7-16(15)20-3/h4-11,13H,1-3H3,(H,18,19)/t13-/m0/s1. The Hall–Kier alpha value is -2.29. The highest BCUT2D eigenvalue weighted by atomic mass is 16.5. The van der Waals surface area contributed by atoms with Gasteiger partial charge in [-0.05, 0) is 32.0 Å². The summed E-state index contributed by atoms with van der Waals surface area (Å²) in [5.74, 6) is 0.701. The molecule has 3 heteroatoms. The molecule has 20 heavy (non-hydrogen) atoms. The summed E-state index contributed by atoms with van der Waals surface area (Å²) in [6.07, 6.45) is 0. The molecule has 2 rings (SSSR count). The second kappa shape index (κ2) is 6.24. The third-order valence-electron chi connectivity index (χ3n) is 3.27. The molecule has 0 aliphatic carbocycles. The maximum Gasteiger partial charge on any atom is 0.251 e. The highest BCUT2D eigenvalue weighted by Crippen LogP contribution is 2.24. The van der Waals surface area contributed by atoms with Gasteiger partial charge in [-0.1, -0.05) is 35.9 Å². The molecule has 2 aromatic rings. The highest BCUT2D eigenvalue weighted by Gasteiger charge is 2.14. The minimum Gasteiger partial charge on any atom is -0.496 e. The Balaban J connectivity index is 2.13. The molecule has 0 bridgehead atoms. The number of methoxy groups -OCH3 is 1. The van der Waals surface area contributed by atoms with Gasteiger partial charge in [-0.15, -0.1) is 0 Å². The van der Waals surface area contributed by atoms with Gasteiger partial charge in [-0.3, -0.25) is 4.79 Å². The van der Waals surface area contributed by atoms with Crippen LogP contribution in [0.1, 0.15) is 34.5 Å². The highest BCUT2D eigenvalue weighted by molar-refractivity contribution is 5.94. The summed E-state index contributed by atoms with van der Waals surface area (Å²) in [5.41, 5.74) is 2.77. The number of para-hydroxylation sites is 1. The van der Waals surface area contributed by atoms with Gasteiger partial charge in [0.1, 0.15) is 5.75 Å². The fourth-order valence-corrected chi connectivity index (χ4v) is 2.09. The molecule has 3 nitrogen and oxygen atoms in total. The largest absolute Gasteiger partial charge is 0.496 e. The van der Waals surface area contributed by atoms with E-state index in [1.54, 1.807) is 7.11 Å². The molecule has 1 atom stereocenters. The first kappa shape index (κ1) is 14.1. The van der Waals surface area contributed by atoms with Gasteiger partial charge in [0.15, 0.2) is 0 Å². The molecule has 1 N–H and O–H groups in total. The van der Waals surface area contributed by atoms with E-state index in [0.717, 1.165) is 16.9 Å². The molecule has 0 saturated heterocycles. The fourth-order valence-electron chi connectivity index (χ4n) is 2.09. The molecule has 0 unspecified atom stereocenters. The normalized spacial score (nSPS) is 11.8. The Morgan fingerprint density at radius 3 is 2.40 bits per heavy atom. The summed E-state index contributed by atoms with van der Waals surface area (Å²) in [6, 6.07) is 15.1. The van der Waals surface area contributed by atoms with Crippen LogP contribution in [0.3, 0.4) is 0 Å². The molecule has 104 valence electrons. The lowest BCUT2D eigenvalue weighted by Crippen LogP contribution is -2.26. The molecular formula is C17H19NO2. The summed E-state index contributed by atoms with van der Waals surface area (Å²) in [4.78, 5) is 12.2. The molecule has 0 spiro atoms. The van der Waals surface area contributed by atoms with Crippen molar-refractivity contribution < 1.29 is 9.53 Å². The summed E-state index contributed by atoms with van der Waals surface area (Å²) in [5, 5.41) is 2.99. The van der Waals surface area contributed by atoms with Crippen LogP contribution in [0.2, 0.25) is 0 Å². The van der Waals surface area contributed by atoms with Crippen LogP contribution in [0.25, 0.3) is 0 Å². The average Bonchev–Trinajstić information content (AvgIpc) is 2.47. The third-order valence-corrected chi connectivity index (χ3v) is 3.27. The van der Waals surface area contributed by atoms with Gasteiger partial charge < -0.3 is 10.1 Å². The number of ether oxygens (including phenoxy) is 1. The minimum absolute atomic E-state index is 0.0802. The van der Waals surface area contributed by atoms with Crippen LogP contribution in [0.15, 0.2) is 48.5 Å². The van der Waals surface area contributed by atoms with Crippen molar-refractivity contribution >= 4 is 5.91 Å². The van der Waals surface area contributed by atoms with Gasteiger partial charge in [-0.25, -0.2) is 0 Å². The Morgan fingerprint density at radius 2 is 1.75 bits per heavy atom. The number of hydrogen-bond acceptors (Lipinski definition) is 2. The molecular weight excluding hydrogens is 250 g/mol. The fraction of sp³-hybridized carbons (Fsp3) is 0.235. The number of benzene rings is 2. The molecule has 0 aromatic heterocycles. The van der Waals surface area contributed by atoms with Crippen molar-refractivity contribution in [3.8, 4) is 5.75 Å². The van der Waals surface area contributed by atoms with Gasteiger partial charge in [0.05, 0.1) is 13.2 Å². The van der Waals surface area contributed by atoms with Gasteiger partial charge in [0.2, 0.25) is 0 Å². The number of hydrogen-bond donors (Lipinski definition) is 1. The summed E-state index contributed by atoms with van der Waals surface area (Å²) >= 11 is 0. The Kier molecular flexibility index (Phi) is 4.41. The Labute approximate surface area is 119 Å². The van der Waals surface area contributed by atoms with E-state index in [1.807, 2.05) is 62.4 Å². The number of carbonyl (C=O) groups excluding carboxylic acids is 1. The van der Waals surface area contributed by atoms with E-state index in [2.05, 4.69) is 5.32 Å². The lowest BCUT2D eigenvalue weighted by molar-refractivity contribution is 0.0939.